The minimum absolute atomic E-state index is 0.0423. The average Bonchev–Trinajstić information content (AvgIpc) is 3.07. The summed E-state index contributed by atoms with van der Waals surface area (Å²) >= 11 is 1.04. The van der Waals surface area contributed by atoms with Crippen molar-refractivity contribution in [3.8, 4) is 11.5 Å². The summed E-state index contributed by atoms with van der Waals surface area (Å²) in [5.41, 5.74) is 0.627. The minimum Gasteiger partial charge on any atom is -0.497 e. The Morgan fingerprint density at radius 2 is 1.71 bits per heavy atom. The van der Waals surface area contributed by atoms with Crippen LogP contribution in [-0.4, -0.2) is 42.1 Å². The molecule has 1 heterocycles. The molecule has 1 aliphatic rings. The highest BCUT2D eigenvalue weighted by atomic mass is 32.2. The Kier molecular flexibility index (Phi) is 7.93. The number of rotatable bonds is 7. The van der Waals surface area contributed by atoms with Crippen LogP contribution in [0, 0.1) is 0 Å². The number of hydrogen-bond acceptors (Lipinski definition) is 7. The number of benzene rings is 2. The van der Waals surface area contributed by atoms with Gasteiger partial charge in [0.25, 0.3) is 5.91 Å². The van der Waals surface area contributed by atoms with Gasteiger partial charge in [0.15, 0.2) is 5.17 Å². The zero-order chi connectivity index (χ0) is 24.9. The average molecular weight is 491 g/mol. The number of alkyl halides is 2. The fourth-order valence-electron chi connectivity index (χ4n) is 2.95. The summed E-state index contributed by atoms with van der Waals surface area (Å²) < 4.78 is 39.8. The number of anilines is 1. The molecule has 0 spiro atoms. The van der Waals surface area contributed by atoms with Gasteiger partial charge in [-0.15, -0.1) is 0 Å². The van der Waals surface area contributed by atoms with Gasteiger partial charge in [-0.3, -0.25) is 14.5 Å². The maximum Gasteiger partial charge on any atom is 0.387 e. The van der Waals surface area contributed by atoms with Gasteiger partial charge in [0.05, 0.1) is 18.6 Å². The fourth-order valence-corrected chi connectivity index (χ4v) is 3.74. The van der Waals surface area contributed by atoms with Crippen LogP contribution in [0.15, 0.2) is 59.2 Å². The van der Waals surface area contributed by atoms with Crippen LogP contribution in [0.3, 0.4) is 0 Å². The monoisotopic (exact) mass is 490 g/mol. The largest absolute Gasteiger partial charge is 0.497 e. The lowest BCUT2D eigenvalue weighted by molar-refractivity contribution is -0.151. The summed E-state index contributed by atoms with van der Waals surface area (Å²) in [5, 5.41) is 0.262. The van der Waals surface area contributed by atoms with Crippen LogP contribution < -0.4 is 14.4 Å². The van der Waals surface area contributed by atoms with Crippen molar-refractivity contribution >= 4 is 40.6 Å². The first-order valence-electron chi connectivity index (χ1n) is 10.2. The number of thioether (sulfide) groups is 1. The second kappa shape index (κ2) is 10.7. The van der Waals surface area contributed by atoms with E-state index in [4.69, 9.17) is 9.47 Å². The van der Waals surface area contributed by atoms with Crippen LogP contribution >= 0.6 is 11.8 Å². The quantitative estimate of drug-likeness (QED) is 0.396. The molecule has 0 aromatic heterocycles. The van der Waals surface area contributed by atoms with Crippen LogP contribution in [0.4, 0.5) is 14.5 Å². The standard InChI is InChI=1S/C24H24F2N2O5S/c1-24(2,3)33-20(29)14-34-23-27-19(13-15-5-9-17(31-4)10-6-15)21(30)28(23)16-7-11-18(12-8-16)32-22(25)26/h5-13,22H,14H2,1-4H3/b19-13-. The zero-order valence-electron chi connectivity index (χ0n) is 19.1. The van der Waals surface area contributed by atoms with Crippen LogP contribution in [-0.2, 0) is 14.3 Å². The summed E-state index contributed by atoms with van der Waals surface area (Å²) in [6.07, 6.45) is 1.62. The normalized spacial score (nSPS) is 15.0. The number of carbonyl (C=O) groups is 2. The molecule has 2 aromatic rings. The molecule has 1 aliphatic heterocycles. The van der Waals surface area contributed by atoms with E-state index in [1.165, 1.54) is 29.2 Å². The van der Waals surface area contributed by atoms with Crippen molar-refractivity contribution in [2.24, 2.45) is 4.99 Å². The molecule has 0 radical (unpaired) electrons. The number of nitrogens with zero attached hydrogens (tertiary/aromatic N) is 2. The number of amidine groups is 1. The number of methoxy groups -OCH3 is 1. The lowest BCUT2D eigenvalue weighted by Crippen LogP contribution is -2.31. The Morgan fingerprint density at radius 3 is 2.26 bits per heavy atom. The van der Waals surface area contributed by atoms with Gasteiger partial charge >= 0.3 is 12.6 Å². The van der Waals surface area contributed by atoms with Gasteiger partial charge in [0.2, 0.25) is 0 Å². The molecule has 2 aromatic carbocycles. The molecule has 0 saturated carbocycles. The molecule has 10 heteroatoms. The van der Waals surface area contributed by atoms with E-state index < -0.39 is 24.1 Å². The number of aliphatic imine (C=N–C) groups is 1. The van der Waals surface area contributed by atoms with Crippen molar-refractivity contribution in [3.05, 3.63) is 59.8 Å². The second-order valence-corrected chi connectivity index (χ2v) is 9.03. The zero-order valence-corrected chi connectivity index (χ0v) is 19.9. The Morgan fingerprint density at radius 1 is 1.09 bits per heavy atom. The van der Waals surface area contributed by atoms with Crippen molar-refractivity contribution in [2.75, 3.05) is 17.8 Å². The van der Waals surface area contributed by atoms with Crippen LogP contribution in [0.5, 0.6) is 11.5 Å². The van der Waals surface area contributed by atoms with Gasteiger partial charge in [-0.25, -0.2) is 4.99 Å². The van der Waals surface area contributed by atoms with Gasteiger partial charge in [-0.05, 0) is 68.8 Å². The Balaban J connectivity index is 1.88. The van der Waals surface area contributed by atoms with E-state index in [2.05, 4.69) is 9.73 Å². The Hall–Kier alpha value is -3.40. The molecule has 1 amide bonds. The van der Waals surface area contributed by atoms with E-state index >= 15 is 0 Å². The van der Waals surface area contributed by atoms with E-state index in [0.717, 1.165) is 17.3 Å². The highest BCUT2D eigenvalue weighted by Gasteiger charge is 2.33. The predicted molar refractivity (Wildman–Crippen MR) is 127 cm³/mol. The molecule has 0 bridgehead atoms. The highest BCUT2D eigenvalue weighted by Crippen LogP contribution is 2.31. The summed E-state index contributed by atoms with van der Waals surface area (Å²) in [6.45, 7) is 2.32. The molecule has 0 unspecified atom stereocenters. The molecular formula is C24H24F2N2O5S. The van der Waals surface area contributed by atoms with E-state index in [9.17, 15) is 18.4 Å². The maximum atomic E-state index is 13.2. The third-order valence-corrected chi connectivity index (χ3v) is 5.22. The molecule has 34 heavy (non-hydrogen) atoms. The lowest BCUT2D eigenvalue weighted by atomic mass is 10.2. The smallest absolute Gasteiger partial charge is 0.387 e. The van der Waals surface area contributed by atoms with Crippen LogP contribution in [0.1, 0.15) is 26.3 Å². The van der Waals surface area contributed by atoms with Crippen molar-refractivity contribution in [3.63, 3.8) is 0 Å². The van der Waals surface area contributed by atoms with Crippen LogP contribution in [0.25, 0.3) is 6.08 Å². The van der Waals surface area contributed by atoms with Crippen LogP contribution in [0.2, 0.25) is 0 Å². The van der Waals surface area contributed by atoms with Crippen molar-refractivity contribution in [1.29, 1.82) is 0 Å². The number of amides is 1. The molecule has 0 atom stereocenters. The van der Waals surface area contributed by atoms with Gasteiger partial charge in [0, 0.05) is 0 Å². The van der Waals surface area contributed by atoms with Gasteiger partial charge in [-0.2, -0.15) is 8.78 Å². The predicted octanol–water partition coefficient (Wildman–Crippen LogP) is 5.12. The number of esters is 1. The topological polar surface area (TPSA) is 77.4 Å². The molecular weight excluding hydrogens is 466 g/mol. The summed E-state index contributed by atoms with van der Waals surface area (Å²) in [5.74, 6) is -0.322. The van der Waals surface area contributed by atoms with E-state index in [1.807, 2.05) is 0 Å². The van der Waals surface area contributed by atoms with E-state index in [1.54, 1.807) is 58.2 Å². The van der Waals surface area contributed by atoms with Gasteiger partial charge in [-0.1, -0.05) is 23.9 Å². The minimum atomic E-state index is -2.96. The summed E-state index contributed by atoms with van der Waals surface area (Å²) in [6, 6.07) is 12.7. The maximum absolute atomic E-state index is 13.2. The summed E-state index contributed by atoms with van der Waals surface area (Å²) in [7, 11) is 1.56. The molecule has 0 saturated heterocycles. The highest BCUT2D eigenvalue weighted by molar-refractivity contribution is 8.14. The first-order chi connectivity index (χ1) is 16.1. The molecule has 0 N–H and O–H groups in total. The van der Waals surface area contributed by atoms with Crippen molar-refractivity contribution in [1.82, 2.24) is 0 Å². The molecule has 0 fully saturated rings. The number of carbonyl (C=O) groups excluding carboxylic acids is 2. The van der Waals surface area contributed by atoms with E-state index in [-0.39, 0.29) is 22.4 Å². The third kappa shape index (κ3) is 6.80. The van der Waals surface area contributed by atoms with Gasteiger partial charge < -0.3 is 14.2 Å². The molecule has 3 rings (SSSR count). The second-order valence-electron chi connectivity index (χ2n) is 8.09. The number of halogens is 2. The van der Waals surface area contributed by atoms with Crippen molar-refractivity contribution in [2.45, 2.75) is 33.0 Å². The third-order valence-electron chi connectivity index (χ3n) is 4.31. The Labute approximate surface area is 200 Å². The molecule has 7 nitrogen and oxygen atoms in total. The first-order valence-corrected chi connectivity index (χ1v) is 11.2. The van der Waals surface area contributed by atoms with E-state index in [0.29, 0.717) is 11.4 Å². The Bertz CT molecular complexity index is 1090. The first kappa shape index (κ1) is 25.2. The van der Waals surface area contributed by atoms with Gasteiger partial charge in [0.1, 0.15) is 22.8 Å². The lowest BCUT2D eigenvalue weighted by Gasteiger charge is -2.20. The number of hydrogen-bond donors (Lipinski definition) is 0. The number of ether oxygens (including phenoxy) is 3. The molecule has 180 valence electrons. The van der Waals surface area contributed by atoms with Crippen molar-refractivity contribution < 1.29 is 32.6 Å². The molecule has 0 aliphatic carbocycles. The SMILES string of the molecule is COc1ccc(/C=C2\N=C(SCC(=O)OC(C)(C)C)N(c3ccc(OC(F)F)cc3)C2=O)cc1. The summed E-state index contributed by atoms with van der Waals surface area (Å²) in [4.78, 5) is 31.2. The fraction of sp³-hybridized carbons (Fsp3) is 0.292.